The van der Waals surface area contributed by atoms with Crippen LogP contribution in [0.5, 0.6) is 0 Å². The molecule has 0 radical (unpaired) electrons. The number of cyclic esters (lactones) is 1. The molecule has 3 aliphatic heterocycles. The van der Waals surface area contributed by atoms with Gasteiger partial charge in [0.2, 0.25) is 0 Å². The lowest BCUT2D eigenvalue weighted by Gasteiger charge is -2.36. The second-order valence-corrected chi connectivity index (χ2v) is 9.87. The van der Waals surface area contributed by atoms with Crippen molar-refractivity contribution in [1.82, 2.24) is 0 Å². The predicted octanol–water partition coefficient (Wildman–Crippen LogP) is 6.39. The van der Waals surface area contributed by atoms with E-state index in [4.69, 9.17) is 18.9 Å². The van der Waals surface area contributed by atoms with Crippen LogP contribution in [-0.2, 0) is 23.7 Å². The number of ether oxygens (including phenoxy) is 4. The minimum atomic E-state index is -0.405. The molecule has 0 aliphatic carbocycles. The maximum absolute atomic E-state index is 12.8. The zero-order valence-electron chi connectivity index (χ0n) is 21.4. The lowest BCUT2D eigenvalue weighted by atomic mass is 9.91. The van der Waals surface area contributed by atoms with Crippen molar-refractivity contribution in [2.75, 3.05) is 13.2 Å². The van der Waals surface area contributed by atoms with Gasteiger partial charge in [-0.05, 0) is 71.3 Å². The van der Waals surface area contributed by atoms with Crippen molar-refractivity contribution >= 4 is 5.97 Å². The second kappa shape index (κ2) is 14.7. The second-order valence-electron chi connectivity index (χ2n) is 9.87. The van der Waals surface area contributed by atoms with Crippen LogP contribution in [0.2, 0.25) is 0 Å². The molecule has 5 unspecified atom stereocenters. The largest absolute Gasteiger partial charge is 0.456 e. The lowest BCUT2D eigenvalue weighted by molar-refractivity contribution is -0.156. The molecule has 3 heterocycles. The van der Waals surface area contributed by atoms with E-state index in [-0.39, 0.29) is 30.7 Å². The van der Waals surface area contributed by atoms with E-state index in [0.29, 0.717) is 19.3 Å². The standard InChI is InChI=1S/C29H44O5/c1-4-22(3)11-7-6-8-12-26-21-31-16-10-15-24-13-9-14-25(32-24)19-27-17-23(5-2)18-28(33-27)20-29(30)34-26/h5-8,11-12,24-28H,4,9-10,13-21H2,1-3H3. The van der Waals surface area contributed by atoms with Crippen LogP contribution in [0.4, 0.5) is 0 Å². The van der Waals surface area contributed by atoms with Gasteiger partial charge in [0.25, 0.3) is 0 Å². The van der Waals surface area contributed by atoms with E-state index >= 15 is 0 Å². The SMILES string of the molecule is CC=C1CC2CC(=O)OC(C=CC=CC=C(C)CC)COCCCC3CCCC(CC(C1)O2)O3. The Labute approximate surface area is 206 Å². The Balaban J connectivity index is 1.66. The first-order valence-electron chi connectivity index (χ1n) is 13.3. The van der Waals surface area contributed by atoms with Crippen molar-refractivity contribution in [1.29, 1.82) is 0 Å². The summed E-state index contributed by atoms with van der Waals surface area (Å²) in [5.41, 5.74) is 2.69. The summed E-state index contributed by atoms with van der Waals surface area (Å²) in [4.78, 5) is 12.8. The summed E-state index contributed by atoms with van der Waals surface area (Å²) in [6.45, 7) is 7.35. The molecule has 0 N–H and O–H groups in total. The molecule has 34 heavy (non-hydrogen) atoms. The molecule has 5 nitrogen and oxygen atoms in total. The van der Waals surface area contributed by atoms with Crippen molar-refractivity contribution in [3.8, 4) is 0 Å². The number of allylic oxidation sites excluding steroid dienone is 6. The molecule has 0 aromatic rings. The van der Waals surface area contributed by atoms with Gasteiger partial charge in [0.1, 0.15) is 6.10 Å². The molecule has 0 aromatic carbocycles. The molecule has 3 rings (SSSR count). The normalized spacial score (nSPS) is 34.0. The van der Waals surface area contributed by atoms with Gasteiger partial charge in [-0.15, -0.1) is 0 Å². The van der Waals surface area contributed by atoms with Gasteiger partial charge in [0.05, 0.1) is 37.4 Å². The first-order chi connectivity index (χ1) is 16.6. The fraction of sp³-hybridized carbons (Fsp3) is 0.690. The number of rotatable bonds is 4. The van der Waals surface area contributed by atoms with Crippen molar-refractivity contribution < 1.29 is 23.7 Å². The van der Waals surface area contributed by atoms with E-state index < -0.39 is 6.10 Å². The van der Waals surface area contributed by atoms with Gasteiger partial charge in [0.15, 0.2) is 0 Å². The van der Waals surface area contributed by atoms with E-state index in [1.807, 2.05) is 24.3 Å². The molecule has 0 saturated carbocycles. The molecule has 4 bridgehead atoms. The monoisotopic (exact) mass is 472 g/mol. The Morgan fingerprint density at radius 1 is 0.941 bits per heavy atom. The highest BCUT2D eigenvalue weighted by atomic mass is 16.6. The van der Waals surface area contributed by atoms with E-state index in [2.05, 4.69) is 32.9 Å². The molecule has 5 heteroatoms. The number of fused-ring (bicyclic) bond motifs is 4. The zero-order valence-corrected chi connectivity index (χ0v) is 21.4. The van der Waals surface area contributed by atoms with Crippen LogP contribution in [0.1, 0.15) is 85.0 Å². The summed E-state index contributed by atoms with van der Waals surface area (Å²) in [7, 11) is 0. The summed E-state index contributed by atoms with van der Waals surface area (Å²) in [6, 6.07) is 0. The average molecular weight is 473 g/mol. The Kier molecular flexibility index (Phi) is 11.6. The summed E-state index contributed by atoms with van der Waals surface area (Å²) in [5.74, 6) is -0.230. The third-order valence-electron chi connectivity index (χ3n) is 7.00. The highest BCUT2D eigenvalue weighted by Gasteiger charge is 2.32. The number of hydrogen-bond donors (Lipinski definition) is 0. The van der Waals surface area contributed by atoms with Crippen LogP contribution < -0.4 is 0 Å². The smallest absolute Gasteiger partial charge is 0.309 e. The maximum Gasteiger partial charge on any atom is 0.309 e. The number of carbonyl (C=O) groups is 1. The first-order valence-corrected chi connectivity index (χ1v) is 13.3. The van der Waals surface area contributed by atoms with Crippen molar-refractivity contribution in [3.63, 3.8) is 0 Å². The minimum Gasteiger partial charge on any atom is -0.456 e. The zero-order chi connectivity index (χ0) is 24.2. The van der Waals surface area contributed by atoms with Gasteiger partial charge in [-0.1, -0.05) is 48.5 Å². The van der Waals surface area contributed by atoms with Crippen LogP contribution in [0.15, 0.2) is 47.6 Å². The van der Waals surface area contributed by atoms with Gasteiger partial charge < -0.3 is 18.9 Å². The Bertz CT molecular complexity index is 750. The summed E-state index contributed by atoms with van der Waals surface area (Å²) in [5, 5.41) is 0. The van der Waals surface area contributed by atoms with Gasteiger partial charge in [-0.3, -0.25) is 4.79 Å². The van der Waals surface area contributed by atoms with Crippen LogP contribution in [0.25, 0.3) is 0 Å². The van der Waals surface area contributed by atoms with E-state index in [9.17, 15) is 4.79 Å². The maximum atomic E-state index is 12.8. The lowest BCUT2D eigenvalue weighted by Crippen LogP contribution is -2.37. The predicted molar refractivity (Wildman–Crippen MR) is 136 cm³/mol. The third kappa shape index (κ3) is 9.52. The van der Waals surface area contributed by atoms with Gasteiger partial charge in [0, 0.05) is 13.0 Å². The molecule has 0 aromatic heterocycles. The Morgan fingerprint density at radius 3 is 2.53 bits per heavy atom. The van der Waals surface area contributed by atoms with Crippen LogP contribution in [-0.4, -0.2) is 49.7 Å². The Morgan fingerprint density at radius 2 is 1.71 bits per heavy atom. The Hall–Kier alpha value is -1.69. The topological polar surface area (TPSA) is 54.0 Å². The molecule has 0 spiro atoms. The first kappa shape index (κ1) is 26.9. The van der Waals surface area contributed by atoms with E-state index in [1.165, 1.54) is 17.6 Å². The quantitative estimate of drug-likeness (QED) is 0.270. The number of hydrogen-bond acceptors (Lipinski definition) is 5. The van der Waals surface area contributed by atoms with Crippen molar-refractivity contribution in [2.45, 2.75) is 115 Å². The van der Waals surface area contributed by atoms with Crippen molar-refractivity contribution in [3.05, 3.63) is 47.6 Å². The molecule has 5 atom stereocenters. The van der Waals surface area contributed by atoms with Gasteiger partial charge in [-0.2, -0.15) is 0 Å². The van der Waals surface area contributed by atoms with E-state index in [0.717, 1.165) is 51.4 Å². The molecule has 3 saturated heterocycles. The van der Waals surface area contributed by atoms with Crippen LogP contribution in [0.3, 0.4) is 0 Å². The summed E-state index contributed by atoms with van der Waals surface area (Å²) < 4.78 is 24.5. The fourth-order valence-electron chi connectivity index (χ4n) is 4.93. The number of carbonyl (C=O) groups excluding carboxylic acids is 1. The fourth-order valence-corrected chi connectivity index (χ4v) is 4.93. The molecule has 190 valence electrons. The van der Waals surface area contributed by atoms with E-state index in [1.54, 1.807) is 0 Å². The molecule has 0 amide bonds. The average Bonchev–Trinajstić information content (AvgIpc) is 2.82. The molecular weight excluding hydrogens is 428 g/mol. The van der Waals surface area contributed by atoms with Gasteiger partial charge in [-0.25, -0.2) is 0 Å². The van der Waals surface area contributed by atoms with Crippen LogP contribution >= 0.6 is 0 Å². The third-order valence-corrected chi connectivity index (χ3v) is 7.00. The summed E-state index contributed by atoms with van der Waals surface area (Å²) in [6.07, 6.45) is 21.5. The minimum absolute atomic E-state index is 0.109. The number of esters is 1. The highest BCUT2D eigenvalue weighted by molar-refractivity contribution is 5.70. The molecule has 3 fully saturated rings. The summed E-state index contributed by atoms with van der Waals surface area (Å²) >= 11 is 0. The molecular formula is C29H44O5. The van der Waals surface area contributed by atoms with Gasteiger partial charge >= 0.3 is 5.97 Å². The van der Waals surface area contributed by atoms with Crippen LogP contribution in [0, 0.1) is 0 Å². The highest BCUT2D eigenvalue weighted by Crippen LogP contribution is 2.32. The molecule has 3 aliphatic rings. The van der Waals surface area contributed by atoms with Crippen molar-refractivity contribution in [2.24, 2.45) is 0 Å².